The second-order valence-electron chi connectivity index (χ2n) is 3.07. The highest BCUT2D eigenvalue weighted by Gasteiger charge is 2.10. The Labute approximate surface area is 89.9 Å². The normalized spacial score (nSPS) is 10.9. The summed E-state index contributed by atoms with van der Waals surface area (Å²) in [6.07, 6.45) is 0.548. The molecule has 0 aliphatic carbocycles. The summed E-state index contributed by atoms with van der Waals surface area (Å²) in [5.74, 6) is -0.961. The summed E-state index contributed by atoms with van der Waals surface area (Å²) in [7, 11) is 0. The number of hydrogen-bond acceptors (Lipinski definition) is 2. The maximum absolute atomic E-state index is 13.4. The van der Waals surface area contributed by atoms with E-state index in [1.54, 1.807) is 0 Å². The van der Waals surface area contributed by atoms with Crippen molar-refractivity contribution in [1.82, 2.24) is 9.97 Å². The average Bonchev–Trinajstić information content (AvgIpc) is 2.19. The van der Waals surface area contributed by atoms with Crippen LogP contribution >= 0.6 is 11.6 Å². The van der Waals surface area contributed by atoms with Crippen LogP contribution < -0.4 is 0 Å². The number of aromatic nitrogens is 2. The van der Waals surface area contributed by atoms with Gasteiger partial charge < -0.3 is 0 Å². The Hall–Kier alpha value is -1.29. The van der Waals surface area contributed by atoms with E-state index in [-0.39, 0.29) is 16.1 Å². The van der Waals surface area contributed by atoms with Crippen molar-refractivity contribution >= 4 is 22.5 Å². The Balaban J connectivity index is 2.85. The topological polar surface area (TPSA) is 25.8 Å². The molecule has 5 heteroatoms. The van der Waals surface area contributed by atoms with Crippen LogP contribution in [0.15, 0.2) is 12.1 Å². The minimum absolute atomic E-state index is 0.0632. The highest BCUT2D eigenvalue weighted by atomic mass is 35.5. The van der Waals surface area contributed by atoms with Gasteiger partial charge in [-0.2, -0.15) is 0 Å². The van der Waals surface area contributed by atoms with Crippen LogP contribution in [-0.2, 0) is 6.42 Å². The van der Waals surface area contributed by atoms with Gasteiger partial charge in [-0.1, -0.05) is 18.5 Å². The van der Waals surface area contributed by atoms with Crippen molar-refractivity contribution in [3.05, 3.63) is 34.7 Å². The van der Waals surface area contributed by atoms with E-state index in [0.29, 0.717) is 12.2 Å². The Bertz CT molecular complexity index is 528. The van der Waals surface area contributed by atoms with Crippen LogP contribution in [0.5, 0.6) is 0 Å². The molecule has 0 radical (unpaired) electrons. The van der Waals surface area contributed by atoms with Gasteiger partial charge in [0.05, 0.1) is 0 Å². The molecule has 0 amide bonds. The first-order valence-electron chi connectivity index (χ1n) is 4.43. The molecule has 1 heterocycles. The minimum Gasteiger partial charge on any atom is -0.230 e. The van der Waals surface area contributed by atoms with Crippen molar-refractivity contribution in [2.24, 2.45) is 0 Å². The molecule has 0 atom stereocenters. The Morgan fingerprint density at radius 2 is 2.00 bits per heavy atom. The van der Waals surface area contributed by atoms with Crippen LogP contribution in [0.3, 0.4) is 0 Å². The molecule has 0 bridgehead atoms. The maximum atomic E-state index is 13.4. The molecular formula is C10H7ClF2N2. The summed E-state index contributed by atoms with van der Waals surface area (Å²) in [5.41, 5.74) is 0.0632. The Kier molecular flexibility index (Phi) is 2.52. The molecule has 0 N–H and O–H groups in total. The first-order chi connectivity index (χ1) is 7.11. The van der Waals surface area contributed by atoms with E-state index in [1.165, 1.54) is 0 Å². The standard InChI is InChI=1S/C10H7ClF2N2/c1-2-8-14-9-6(10(11)15-8)3-5(12)4-7(9)13/h3-4H,2H2,1H3. The van der Waals surface area contributed by atoms with E-state index in [1.807, 2.05) is 6.92 Å². The predicted octanol–water partition coefficient (Wildman–Crippen LogP) is 3.12. The number of halogens is 3. The second kappa shape index (κ2) is 3.70. The van der Waals surface area contributed by atoms with Crippen LogP contribution in [-0.4, -0.2) is 9.97 Å². The van der Waals surface area contributed by atoms with Crippen LogP contribution in [0.1, 0.15) is 12.7 Å². The Morgan fingerprint density at radius 1 is 1.27 bits per heavy atom. The fourth-order valence-corrected chi connectivity index (χ4v) is 1.56. The van der Waals surface area contributed by atoms with Crippen LogP contribution in [0.25, 0.3) is 10.9 Å². The third kappa shape index (κ3) is 1.77. The van der Waals surface area contributed by atoms with Crippen LogP contribution in [0.4, 0.5) is 8.78 Å². The third-order valence-corrected chi connectivity index (χ3v) is 2.32. The SMILES string of the molecule is CCc1nc(Cl)c2cc(F)cc(F)c2n1. The predicted molar refractivity (Wildman–Crippen MR) is 53.8 cm³/mol. The van der Waals surface area contributed by atoms with Gasteiger partial charge in [0, 0.05) is 17.9 Å². The molecule has 2 nitrogen and oxygen atoms in total. The zero-order valence-corrected chi connectivity index (χ0v) is 8.65. The van der Waals surface area contributed by atoms with E-state index in [4.69, 9.17) is 11.6 Å². The third-order valence-electron chi connectivity index (χ3n) is 2.03. The first-order valence-corrected chi connectivity index (χ1v) is 4.80. The van der Waals surface area contributed by atoms with Gasteiger partial charge in [0.2, 0.25) is 0 Å². The second-order valence-corrected chi connectivity index (χ2v) is 3.43. The largest absolute Gasteiger partial charge is 0.230 e. The zero-order valence-electron chi connectivity index (χ0n) is 7.89. The van der Waals surface area contributed by atoms with Gasteiger partial charge in [-0.05, 0) is 6.07 Å². The molecule has 0 spiro atoms. The highest BCUT2D eigenvalue weighted by molar-refractivity contribution is 6.34. The Morgan fingerprint density at radius 3 is 2.67 bits per heavy atom. The molecule has 1 aromatic carbocycles. The molecule has 1 aromatic heterocycles. The van der Waals surface area contributed by atoms with Crippen molar-refractivity contribution in [2.75, 3.05) is 0 Å². The van der Waals surface area contributed by atoms with Crippen molar-refractivity contribution in [3.8, 4) is 0 Å². The number of aryl methyl sites for hydroxylation is 1. The number of hydrogen-bond donors (Lipinski definition) is 0. The number of rotatable bonds is 1. The molecule has 15 heavy (non-hydrogen) atoms. The molecule has 2 aromatic rings. The van der Waals surface area contributed by atoms with E-state index in [0.717, 1.165) is 12.1 Å². The van der Waals surface area contributed by atoms with Crippen molar-refractivity contribution in [1.29, 1.82) is 0 Å². The van der Waals surface area contributed by atoms with Gasteiger partial charge in [-0.3, -0.25) is 0 Å². The van der Waals surface area contributed by atoms with Crippen molar-refractivity contribution in [3.63, 3.8) is 0 Å². The lowest BCUT2D eigenvalue weighted by molar-refractivity contribution is 0.589. The molecule has 0 aliphatic heterocycles. The maximum Gasteiger partial charge on any atom is 0.152 e. The summed E-state index contributed by atoms with van der Waals surface area (Å²) in [6, 6.07) is 1.91. The van der Waals surface area contributed by atoms with Crippen LogP contribution in [0, 0.1) is 11.6 Å². The van der Waals surface area contributed by atoms with E-state index in [9.17, 15) is 8.78 Å². The number of fused-ring (bicyclic) bond motifs is 1. The lowest BCUT2D eigenvalue weighted by atomic mass is 10.2. The van der Waals surface area contributed by atoms with E-state index >= 15 is 0 Å². The van der Waals surface area contributed by atoms with Crippen molar-refractivity contribution in [2.45, 2.75) is 13.3 Å². The van der Waals surface area contributed by atoms with Gasteiger partial charge in [-0.25, -0.2) is 18.7 Å². The fraction of sp³-hybridized carbons (Fsp3) is 0.200. The minimum atomic E-state index is -0.719. The highest BCUT2D eigenvalue weighted by Crippen LogP contribution is 2.23. The van der Waals surface area contributed by atoms with Crippen molar-refractivity contribution < 1.29 is 8.78 Å². The molecule has 0 unspecified atom stereocenters. The van der Waals surface area contributed by atoms with Crippen LogP contribution in [0.2, 0.25) is 5.15 Å². The summed E-state index contributed by atoms with van der Waals surface area (Å²) in [4.78, 5) is 7.88. The molecule has 2 rings (SSSR count). The molecule has 0 saturated carbocycles. The first kappa shape index (κ1) is 10.2. The smallest absolute Gasteiger partial charge is 0.152 e. The average molecular weight is 229 g/mol. The molecule has 78 valence electrons. The van der Waals surface area contributed by atoms with Gasteiger partial charge >= 0.3 is 0 Å². The molecular weight excluding hydrogens is 222 g/mol. The zero-order chi connectivity index (χ0) is 11.0. The van der Waals surface area contributed by atoms with Gasteiger partial charge in [0.1, 0.15) is 22.3 Å². The van der Waals surface area contributed by atoms with Gasteiger partial charge in [0.15, 0.2) is 5.82 Å². The summed E-state index contributed by atoms with van der Waals surface area (Å²) < 4.78 is 26.3. The lowest BCUT2D eigenvalue weighted by Gasteiger charge is -2.03. The lowest BCUT2D eigenvalue weighted by Crippen LogP contribution is -1.97. The summed E-state index contributed by atoms with van der Waals surface area (Å²) in [5, 5.41) is 0.279. The van der Waals surface area contributed by atoms with E-state index in [2.05, 4.69) is 9.97 Å². The van der Waals surface area contributed by atoms with Gasteiger partial charge in [0.25, 0.3) is 0 Å². The van der Waals surface area contributed by atoms with E-state index < -0.39 is 11.6 Å². The molecule has 0 saturated heterocycles. The monoisotopic (exact) mass is 228 g/mol. The quantitative estimate of drug-likeness (QED) is 0.701. The van der Waals surface area contributed by atoms with Gasteiger partial charge in [-0.15, -0.1) is 0 Å². The fourth-order valence-electron chi connectivity index (χ4n) is 1.32. The number of benzene rings is 1. The molecule has 0 fully saturated rings. The summed E-state index contributed by atoms with van der Waals surface area (Å²) in [6.45, 7) is 1.83. The summed E-state index contributed by atoms with van der Waals surface area (Å²) >= 11 is 5.80. The molecule has 0 aliphatic rings. The number of nitrogens with zero attached hydrogens (tertiary/aromatic N) is 2.